The Kier molecular flexibility index (Phi) is 5.41. The van der Waals surface area contributed by atoms with Gasteiger partial charge in [-0.2, -0.15) is 4.98 Å². The van der Waals surface area contributed by atoms with Crippen LogP contribution in [-0.2, 0) is 11.2 Å². The fourth-order valence-electron chi connectivity index (χ4n) is 3.79. The summed E-state index contributed by atoms with van der Waals surface area (Å²) in [7, 11) is 0. The van der Waals surface area contributed by atoms with Crippen molar-refractivity contribution in [1.82, 2.24) is 15.0 Å². The predicted octanol–water partition coefficient (Wildman–Crippen LogP) is 3.51. The zero-order chi connectivity index (χ0) is 18.6. The number of carbonyl (C=O) groups is 1. The number of rotatable bonds is 6. The molecular formula is C21H27N3O3. The number of ether oxygens (including phenoxy) is 1. The van der Waals surface area contributed by atoms with Crippen LogP contribution in [0.1, 0.15) is 55.3 Å². The minimum atomic E-state index is 0.154. The van der Waals surface area contributed by atoms with E-state index in [1.165, 1.54) is 12.0 Å². The third-order valence-electron chi connectivity index (χ3n) is 5.60. The molecule has 4 rings (SSSR count). The van der Waals surface area contributed by atoms with E-state index in [4.69, 9.17) is 9.26 Å². The van der Waals surface area contributed by atoms with Crippen LogP contribution in [0.3, 0.4) is 0 Å². The Bertz CT molecular complexity index is 784. The molecule has 27 heavy (non-hydrogen) atoms. The van der Waals surface area contributed by atoms with Crippen molar-refractivity contribution in [2.75, 3.05) is 19.7 Å². The second kappa shape index (κ2) is 8.11. The van der Waals surface area contributed by atoms with Crippen molar-refractivity contribution in [3.63, 3.8) is 0 Å². The zero-order valence-corrected chi connectivity index (χ0v) is 15.9. The monoisotopic (exact) mass is 369 g/mol. The molecule has 1 aromatic carbocycles. The molecule has 0 bridgehead atoms. The molecule has 2 heterocycles. The SMILES string of the molecule is Cc1cccc(OCCc2noc(C3CCCN(C(=O)C4CCC4)C3)n2)c1. The molecule has 1 aliphatic heterocycles. The van der Waals surface area contributed by atoms with Gasteiger partial charge in [0, 0.05) is 25.4 Å². The fourth-order valence-corrected chi connectivity index (χ4v) is 3.79. The van der Waals surface area contributed by atoms with Gasteiger partial charge in [0.25, 0.3) is 0 Å². The maximum Gasteiger partial charge on any atom is 0.231 e. The van der Waals surface area contributed by atoms with Crippen molar-refractivity contribution < 1.29 is 14.1 Å². The summed E-state index contributed by atoms with van der Waals surface area (Å²) in [5.74, 6) is 2.91. The van der Waals surface area contributed by atoms with Gasteiger partial charge in [-0.05, 0) is 50.3 Å². The van der Waals surface area contributed by atoms with Crippen molar-refractivity contribution in [2.45, 2.75) is 51.4 Å². The standard InChI is InChI=1S/C21H27N3O3/c1-15-5-2-9-18(13-15)26-12-10-19-22-20(27-23-19)17-8-4-11-24(14-17)21(25)16-6-3-7-16/h2,5,9,13,16-17H,3-4,6-8,10-12,14H2,1H3. The van der Waals surface area contributed by atoms with Gasteiger partial charge in [-0.15, -0.1) is 0 Å². The van der Waals surface area contributed by atoms with E-state index in [1.54, 1.807) is 0 Å². The quantitative estimate of drug-likeness (QED) is 0.779. The number of piperidine rings is 1. The van der Waals surface area contributed by atoms with Crippen LogP contribution in [-0.4, -0.2) is 40.6 Å². The number of carbonyl (C=O) groups excluding carboxylic acids is 1. The van der Waals surface area contributed by atoms with Crippen molar-refractivity contribution in [3.05, 3.63) is 41.5 Å². The Morgan fingerprint density at radius 2 is 2.19 bits per heavy atom. The summed E-state index contributed by atoms with van der Waals surface area (Å²) in [5.41, 5.74) is 1.17. The molecule has 6 heteroatoms. The van der Waals surface area contributed by atoms with Crippen LogP contribution < -0.4 is 4.74 Å². The summed E-state index contributed by atoms with van der Waals surface area (Å²) in [4.78, 5) is 19.1. The highest BCUT2D eigenvalue weighted by Gasteiger charge is 2.34. The summed E-state index contributed by atoms with van der Waals surface area (Å²) in [6.45, 7) is 4.12. The number of hydrogen-bond acceptors (Lipinski definition) is 5. The molecule has 0 N–H and O–H groups in total. The maximum atomic E-state index is 12.5. The number of nitrogens with zero attached hydrogens (tertiary/aromatic N) is 3. The summed E-state index contributed by atoms with van der Waals surface area (Å²) in [5, 5.41) is 4.10. The number of hydrogen-bond donors (Lipinski definition) is 0. The first-order valence-electron chi connectivity index (χ1n) is 10.00. The van der Waals surface area contributed by atoms with Crippen molar-refractivity contribution in [1.29, 1.82) is 0 Å². The third-order valence-corrected chi connectivity index (χ3v) is 5.60. The highest BCUT2D eigenvalue weighted by molar-refractivity contribution is 5.79. The number of amides is 1. The van der Waals surface area contributed by atoms with Crippen LogP contribution in [0, 0.1) is 12.8 Å². The first kappa shape index (κ1) is 18.0. The topological polar surface area (TPSA) is 68.5 Å². The number of benzene rings is 1. The normalized spacial score (nSPS) is 20.3. The Balaban J connectivity index is 1.29. The van der Waals surface area contributed by atoms with Crippen LogP contribution in [0.25, 0.3) is 0 Å². The molecule has 1 saturated heterocycles. The molecule has 2 aromatic rings. The molecule has 0 radical (unpaired) electrons. The molecule has 2 aliphatic rings. The van der Waals surface area contributed by atoms with Crippen LogP contribution in [0.2, 0.25) is 0 Å². The van der Waals surface area contributed by atoms with Crippen molar-refractivity contribution in [2.24, 2.45) is 5.92 Å². The van der Waals surface area contributed by atoms with E-state index >= 15 is 0 Å². The minimum Gasteiger partial charge on any atom is -0.493 e. The van der Waals surface area contributed by atoms with Gasteiger partial charge in [0.15, 0.2) is 5.82 Å². The lowest BCUT2D eigenvalue weighted by Gasteiger charge is -2.36. The molecular weight excluding hydrogens is 342 g/mol. The summed E-state index contributed by atoms with van der Waals surface area (Å²) in [6, 6.07) is 7.99. The van der Waals surface area contributed by atoms with Crippen LogP contribution >= 0.6 is 0 Å². The van der Waals surface area contributed by atoms with Crippen molar-refractivity contribution >= 4 is 5.91 Å². The highest BCUT2D eigenvalue weighted by Crippen LogP contribution is 2.32. The van der Waals surface area contributed by atoms with E-state index in [2.05, 4.69) is 10.1 Å². The average molecular weight is 369 g/mol. The smallest absolute Gasteiger partial charge is 0.231 e. The molecule has 1 aromatic heterocycles. The number of aromatic nitrogens is 2. The second-order valence-corrected chi connectivity index (χ2v) is 7.72. The lowest BCUT2D eigenvalue weighted by molar-refractivity contribution is -0.139. The molecule has 1 aliphatic carbocycles. The van der Waals surface area contributed by atoms with Gasteiger partial charge in [0.2, 0.25) is 11.8 Å². The van der Waals surface area contributed by atoms with Crippen molar-refractivity contribution in [3.8, 4) is 5.75 Å². The molecule has 1 amide bonds. The summed E-state index contributed by atoms with van der Waals surface area (Å²) in [6.07, 6.45) is 5.88. The predicted molar refractivity (Wildman–Crippen MR) is 101 cm³/mol. The van der Waals surface area contributed by atoms with Gasteiger partial charge in [-0.25, -0.2) is 0 Å². The Labute approximate surface area is 159 Å². The van der Waals surface area contributed by atoms with Gasteiger partial charge >= 0.3 is 0 Å². The van der Waals surface area contributed by atoms with Gasteiger partial charge in [0.05, 0.1) is 12.5 Å². The summed E-state index contributed by atoms with van der Waals surface area (Å²) >= 11 is 0. The highest BCUT2D eigenvalue weighted by atomic mass is 16.5. The largest absolute Gasteiger partial charge is 0.493 e. The number of aryl methyl sites for hydroxylation is 1. The molecule has 6 nitrogen and oxygen atoms in total. The Morgan fingerprint density at radius 1 is 1.30 bits per heavy atom. The van der Waals surface area contributed by atoms with E-state index in [9.17, 15) is 4.79 Å². The van der Waals surface area contributed by atoms with Gasteiger partial charge in [-0.1, -0.05) is 23.7 Å². The van der Waals surface area contributed by atoms with E-state index in [0.717, 1.165) is 38.0 Å². The molecule has 2 fully saturated rings. The average Bonchev–Trinajstić information content (AvgIpc) is 3.09. The molecule has 1 atom stereocenters. The molecule has 0 spiro atoms. The van der Waals surface area contributed by atoms with Crippen LogP contribution in [0.4, 0.5) is 0 Å². The minimum absolute atomic E-state index is 0.154. The molecule has 1 unspecified atom stereocenters. The first-order valence-corrected chi connectivity index (χ1v) is 10.00. The molecule has 1 saturated carbocycles. The Morgan fingerprint density at radius 3 is 2.96 bits per heavy atom. The van der Waals surface area contributed by atoms with E-state index in [0.29, 0.717) is 37.2 Å². The van der Waals surface area contributed by atoms with Gasteiger partial charge in [0.1, 0.15) is 5.75 Å². The number of likely N-dealkylation sites (tertiary alicyclic amines) is 1. The lowest BCUT2D eigenvalue weighted by atomic mass is 9.83. The Hall–Kier alpha value is -2.37. The molecule has 144 valence electrons. The van der Waals surface area contributed by atoms with Gasteiger partial charge < -0.3 is 14.2 Å². The maximum absolute atomic E-state index is 12.5. The summed E-state index contributed by atoms with van der Waals surface area (Å²) < 4.78 is 11.3. The first-order chi connectivity index (χ1) is 13.2. The lowest BCUT2D eigenvalue weighted by Crippen LogP contribution is -2.44. The van der Waals surface area contributed by atoms with Crippen LogP contribution in [0.5, 0.6) is 5.75 Å². The van der Waals surface area contributed by atoms with Crippen LogP contribution in [0.15, 0.2) is 28.8 Å². The fraction of sp³-hybridized carbons (Fsp3) is 0.571. The van der Waals surface area contributed by atoms with Gasteiger partial charge in [-0.3, -0.25) is 4.79 Å². The second-order valence-electron chi connectivity index (χ2n) is 7.72. The van der Waals surface area contributed by atoms with E-state index in [-0.39, 0.29) is 11.8 Å². The zero-order valence-electron chi connectivity index (χ0n) is 15.9. The van der Waals surface area contributed by atoms with E-state index in [1.807, 2.05) is 36.1 Å². The third kappa shape index (κ3) is 4.31. The van der Waals surface area contributed by atoms with E-state index < -0.39 is 0 Å².